The maximum atomic E-state index is 13.0. The van der Waals surface area contributed by atoms with E-state index >= 15 is 0 Å². The van der Waals surface area contributed by atoms with E-state index in [4.69, 9.17) is 0 Å². The van der Waals surface area contributed by atoms with E-state index in [1.807, 2.05) is 19.9 Å². The third-order valence-corrected chi connectivity index (χ3v) is 5.88. The van der Waals surface area contributed by atoms with Crippen LogP contribution in [0.1, 0.15) is 30.0 Å². The first-order valence-corrected chi connectivity index (χ1v) is 11.1. The lowest BCUT2D eigenvalue weighted by Gasteiger charge is -2.30. The number of anilines is 1. The lowest BCUT2D eigenvalue weighted by atomic mass is 10.1. The first kappa shape index (κ1) is 21.9. The Balaban J connectivity index is 2.16. The van der Waals surface area contributed by atoms with Crippen molar-refractivity contribution in [3.05, 3.63) is 65.0 Å². The minimum Gasteiger partial charge on any atom is -0.354 e. The Hall–Kier alpha value is -2.41. The average Bonchev–Trinajstić information content (AvgIpc) is 2.62. The fourth-order valence-corrected chi connectivity index (χ4v) is 4.23. The summed E-state index contributed by atoms with van der Waals surface area (Å²) in [6.07, 6.45) is 1.98. The predicted octanol–water partition coefficient (Wildman–Crippen LogP) is 3.35. The molecule has 7 heteroatoms. The highest BCUT2D eigenvalue weighted by Gasteiger charge is 2.31. The number of carbonyl (C=O) groups is 1. The molecule has 0 saturated carbocycles. The number of hydrogen-bond donors (Lipinski definition) is 1. The van der Waals surface area contributed by atoms with Gasteiger partial charge in [-0.2, -0.15) is 0 Å². The number of hydrogen-bond acceptors (Lipinski definition) is 3. The van der Waals surface area contributed by atoms with E-state index < -0.39 is 16.1 Å². The highest BCUT2D eigenvalue weighted by atomic mass is 32.2. The monoisotopic (exact) mass is 406 g/mol. The molecule has 0 unspecified atom stereocenters. The van der Waals surface area contributed by atoms with Crippen molar-refractivity contribution < 1.29 is 17.6 Å². The highest BCUT2D eigenvalue weighted by Crippen LogP contribution is 2.25. The zero-order valence-corrected chi connectivity index (χ0v) is 17.5. The number of carbonyl (C=O) groups excluding carboxylic acids is 1. The van der Waals surface area contributed by atoms with Crippen LogP contribution in [0.15, 0.2) is 42.5 Å². The number of amides is 1. The summed E-state index contributed by atoms with van der Waals surface area (Å²) in [5.74, 6) is -0.663. The molecule has 28 heavy (non-hydrogen) atoms. The number of sulfonamides is 1. The van der Waals surface area contributed by atoms with Gasteiger partial charge >= 0.3 is 0 Å². The maximum Gasteiger partial charge on any atom is 0.243 e. The molecule has 2 aromatic carbocycles. The van der Waals surface area contributed by atoms with Gasteiger partial charge in [0.05, 0.1) is 11.9 Å². The molecular formula is C21H27FN2O3S. The van der Waals surface area contributed by atoms with Crippen LogP contribution in [0, 0.1) is 19.7 Å². The number of halogens is 1. The zero-order chi connectivity index (χ0) is 20.9. The standard InChI is InChI=1S/C21H27FN2O3S/c1-5-20(21(25)23-13-12-17-7-9-18(22)10-8-17)24(28(4,26)27)19-11-6-15(2)16(3)14-19/h6-11,14,20H,5,12-13H2,1-4H3,(H,23,25)/t20-/m1/s1. The molecule has 0 aliphatic heterocycles. The second-order valence-corrected chi connectivity index (χ2v) is 8.78. The summed E-state index contributed by atoms with van der Waals surface area (Å²) < 4.78 is 39.1. The number of nitrogens with one attached hydrogen (secondary N) is 1. The van der Waals surface area contributed by atoms with Gasteiger partial charge in [0.1, 0.15) is 11.9 Å². The first-order chi connectivity index (χ1) is 13.1. The van der Waals surface area contributed by atoms with E-state index in [1.54, 1.807) is 31.2 Å². The second-order valence-electron chi connectivity index (χ2n) is 6.92. The Kier molecular flexibility index (Phi) is 7.18. The van der Waals surface area contributed by atoms with Crippen LogP contribution in [-0.2, 0) is 21.2 Å². The van der Waals surface area contributed by atoms with Gasteiger partial charge in [0, 0.05) is 6.54 Å². The second kappa shape index (κ2) is 9.19. The number of rotatable bonds is 8. The zero-order valence-electron chi connectivity index (χ0n) is 16.7. The third kappa shape index (κ3) is 5.55. The Bertz CT molecular complexity index is 927. The third-order valence-electron chi connectivity index (χ3n) is 4.70. The molecule has 0 fully saturated rings. The molecule has 2 aromatic rings. The van der Waals surface area contributed by atoms with Gasteiger partial charge in [0.15, 0.2) is 0 Å². The molecule has 5 nitrogen and oxygen atoms in total. The van der Waals surface area contributed by atoms with E-state index in [-0.39, 0.29) is 11.7 Å². The van der Waals surface area contributed by atoms with E-state index in [0.717, 1.165) is 22.9 Å². The van der Waals surface area contributed by atoms with Crippen molar-refractivity contribution in [1.29, 1.82) is 0 Å². The van der Waals surface area contributed by atoms with Gasteiger partial charge in [-0.3, -0.25) is 9.10 Å². The summed E-state index contributed by atoms with van der Waals surface area (Å²) in [5, 5.41) is 2.81. The minimum absolute atomic E-state index is 0.309. The van der Waals surface area contributed by atoms with Crippen molar-refractivity contribution >= 4 is 21.6 Å². The van der Waals surface area contributed by atoms with Crippen LogP contribution >= 0.6 is 0 Å². The summed E-state index contributed by atoms with van der Waals surface area (Å²) in [4.78, 5) is 12.8. The van der Waals surface area contributed by atoms with Gasteiger partial charge in [0.2, 0.25) is 15.9 Å². The summed E-state index contributed by atoms with van der Waals surface area (Å²) >= 11 is 0. The highest BCUT2D eigenvalue weighted by molar-refractivity contribution is 7.92. The van der Waals surface area contributed by atoms with Gasteiger partial charge in [-0.05, 0) is 67.6 Å². The van der Waals surface area contributed by atoms with Crippen molar-refractivity contribution in [2.75, 3.05) is 17.1 Å². The molecule has 152 valence electrons. The molecule has 0 radical (unpaired) electrons. The summed E-state index contributed by atoms with van der Waals surface area (Å²) in [6, 6.07) is 10.6. The molecule has 1 amide bonds. The van der Waals surface area contributed by atoms with Gasteiger partial charge < -0.3 is 5.32 Å². The van der Waals surface area contributed by atoms with Gasteiger partial charge in [-0.15, -0.1) is 0 Å². The number of benzene rings is 2. The van der Waals surface area contributed by atoms with E-state index in [1.165, 1.54) is 16.4 Å². The first-order valence-electron chi connectivity index (χ1n) is 9.22. The van der Waals surface area contributed by atoms with Crippen LogP contribution in [-0.4, -0.2) is 33.2 Å². The SMILES string of the molecule is CC[C@H](C(=O)NCCc1ccc(F)cc1)N(c1ccc(C)c(C)c1)S(C)(=O)=O. The molecule has 1 N–H and O–H groups in total. The molecule has 0 aliphatic carbocycles. The Morgan fingerprint density at radius 3 is 2.29 bits per heavy atom. The van der Waals surface area contributed by atoms with Crippen LogP contribution in [0.25, 0.3) is 0 Å². The maximum absolute atomic E-state index is 13.0. The molecule has 0 aliphatic rings. The molecule has 0 heterocycles. The summed E-state index contributed by atoms with van der Waals surface area (Å²) in [6.45, 7) is 5.97. The molecular weight excluding hydrogens is 379 g/mol. The van der Waals surface area contributed by atoms with Crippen LogP contribution < -0.4 is 9.62 Å². The molecule has 0 bridgehead atoms. The van der Waals surface area contributed by atoms with E-state index in [2.05, 4.69) is 5.32 Å². The van der Waals surface area contributed by atoms with Crippen LogP contribution in [0.4, 0.5) is 10.1 Å². The molecule has 1 atom stereocenters. The lowest BCUT2D eigenvalue weighted by Crippen LogP contribution is -2.49. The van der Waals surface area contributed by atoms with Crippen LogP contribution in [0.3, 0.4) is 0 Å². The average molecular weight is 407 g/mol. The molecule has 2 rings (SSSR count). The van der Waals surface area contributed by atoms with Crippen molar-refractivity contribution in [3.8, 4) is 0 Å². The quantitative estimate of drug-likeness (QED) is 0.731. The van der Waals surface area contributed by atoms with Crippen molar-refractivity contribution in [2.24, 2.45) is 0 Å². The number of nitrogens with zero attached hydrogens (tertiary/aromatic N) is 1. The predicted molar refractivity (Wildman–Crippen MR) is 110 cm³/mol. The summed E-state index contributed by atoms with van der Waals surface area (Å²) in [5.41, 5.74) is 3.38. The van der Waals surface area contributed by atoms with Gasteiger partial charge in [-0.1, -0.05) is 25.1 Å². The van der Waals surface area contributed by atoms with Crippen molar-refractivity contribution in [2.45, 2.75) is 39.7 Å². The van der Waals surface area contributed by atoms with Gasteiger partial charge in [0.25, 0.3) is 0 Å². The van der Waals surface area contributed by atoms with Crippen molar-refractivity contribution in [3.63, 3.8) is 0 Å². The van der Waals surface area contributed by atoms with Crippen LogP contribution in [0.2, 0.25) is 0 Å². The fraction of sp³-hybridized carbons (Fsp3) is 0.381. The topological polar surface area (TPSA) is 66.5 Å². The molecule has 0 aromatic heterocycles. The summed E-state index contributed by atoms with van der Waals surface area (Å²) in [7, 11) is -3.66. The molecule has 0 spiro atoms. The Morgan fingerprint density at radius 1 is 1.11 bits per heavy atom. The lowest BCUT2D eigenvalue weighted by molar-refractivity contribution is -0.122. The van der Waals surface area contributed by atoms with Crippen molar-refractivity contribution in [1.82, 2.24) is 5.32 Å². The Morgan fingerprint density at radius 2 is 1.75 bits per heavy atom. The minimum atomic E-state index is -3.66. The smallest absolute Gasteiger partial charge is 0.243 e. The fourth-order valence-electron chi connectivity index (χ4n) is 3.02. The van der Waals surface area contributed by atoms with E-state index in [0.29, 0.717) is 25.1 Å². The van der Waals surface area contributed by atoms with Gasteiger partial charge in [-0.25, -0.2) is 12.8 Å². The van der Waals surface area contributed by atoms with Crippen LogP contribution in [0.5, 0.6) is 0 Å². The largest absolute Gasteiger partial charge is 0.354 e. The molecule has 0 saturated heterocycles. The number of aryl methyl sites for hydroxylation is 2. The van der Waals surface area contributed by atoms with E-state index in [9.17, 15) is 17.6 Å². The Labute approximate surface area is 166 Å². The normalized spacial score (nSPS) is 12.5.